The molecule has 0 aliphatic heterocycles. The number of rotatable bonds is 5. The van der Waals surface area contributed by atoms with Crippen molar-refractivity contribution in [3.05, 3.63) is 11.7 Å². The first kappa shape index (κ1) is 12.0. The van der Waals surface area contributed by atoms with Crippen LogP contribution in [-0.2, 0) is 11.3 Å². The smallest absolute Gasteiger partial charge is 0.379 e. The summed E-state index contributed by atoms with van der Waals surface area (Å²) in [5.41, 5.74) is 0. The summed E-state index contributed by atoms with van der Waals surface area (Å²) in [7, 11) is 0. The van der Waals surface area contributed by atoms with Crippen LogP contribution in [0.4, 0.5) is 0 Å². The van der Waals surface area contributed by atoms with Crippen molar-refractivity contribution in [3.8, 4) is 0 Å². The Morgan fingerprint density at radius 3 is 3.00 bits per heavy atom. The third kappa shape index (κ3) is 3.26. The molecule has 1 saturated carbocycles. The van der Waals surface area contributed by atoms with Crippen LogP contribution in [-0.4, -0.2) is 28.8 Å². The number of nitrogens with one attached hydrogen (secondary N) is 1. The Labute approximate surface area is 99.7 Å². The van der Waals surface area contributed by atoms with Crippen molar-refractivity contribution in [2.24, 2.45) is 0 Å². The van der Waals surface area contributed by atoms with Crippen LogP contribution in [0.1, 0.15) is 49.1 Å². The van der Waals surface area contributed by atoms with Gasteiger partial charge in [0.15, 0.2) is 0 Å². The van der Waals surface area contributed by atoms with E-state index in [1.54, 1.807) is 6.92 Å². The second-order valence-electron chi connectivity index (χ2n) is 4.09. The molecule has 0 saturated heterocycles. The predicted molar refractivity (Wildman–Crippen MR) is 59.4 cm³/mol. The summed E-state index contributed by atoms with van der Waals surface area (Å²) in [6.07, 6.45) is 4.93. The molecule has 1 aliphatic carbocycles. The number of aromatic nitrogens is 2. The first-order valence-electron chi connectivity index (χ1n) is 6.02. The van der Waals surface area contributed by atoms with E-state index >= 15 is 0 Å². The summed E-state index contributed by atoms with van der Waals surface area (Å²) in [6, 6.07) is 0.535. The van der Waals surface area contributed by atoms with Crippen LogP contribution >= 0.6 is 0 Å². The minimum atomic E-state index is -0.539. The van der Waals surface area contributed by atoms with Gasteiger partial charge in [-0.05, 0) is 24.9 Å². The lowest BCUT2D eigenvalue weighted by molar-refractivity contribution is 0.0508. The highest BCUT2D eigenvalue weighted by Gasteiger charge is 2.18. The summed E-state index contributed by atoms with van der Waals surface area (Å²) in [4.78, 5) is 15.3. The Morgan fingerprint density at radius 2 is 2.29 bits per heavy atom. The number of ether oxygens (including phenoxy) is 1. The van der Waals surface area contributed by atoms with E-state index in [9.17, 15) is 4.79 Å². The topological polar surface area (TPSA) is 77.2 Å². The minimum Gasteiger partial charge on any atom is -0.460 e. The number of hydrogen-bond acceptors (Lipinski definition) is 6. The molecule has 0 bridgehead atoms. The van der Waals surface area contributed by atoms with E-state index < -0.39 is 5.97 Å². The first-order valence-corrected chi connectivity index (χ1v) is 6.02. The van der Waals surface area contributed by atoms with E-state index in [-0.39, 0.29) is 5.82 Å². The van der Waals surface area contributed by atoms with Gasteiger partial charge in [-0.1, -0.05) is 12.8 Å². The van der Waals surface area contributed by atoms with Gasteiger partial charge < -0.3 is 14.6 Å². The standard InChI is InChI=1S/C11H17N3O3/c1-2-16-11(15)10-13-9(17-14-10)7-12-8-5-3-4-6-8/h8,12H,2-7H2,1H3. The molecule has 6 heteroatoms. The van der Waals surface area contributed by atoms with Crippen molar-refractivity contribution >= 4 is 5.97 Å². The highest BCUT2D eigenvalue weighted by Crippen LogP contribution is 2.17. The maximum absolute atomic E-state index is 11.3. The molecule has 17 heavy (non-hydrogen) atoms. The molecule has 0 aromatic carbocycles. The predicted octanol–water partition coefficient (Wildman–Crippen LogP) is 1.28. The lowest BCUT2D eigenvalue weighted by atomic mass is 10.2. The summed E-state index contributed by atoms with van der Waals surface area (Å²) in [5, 5.41) is 6.91. The fourth-order valence-corrected chi connectivity index (χ4v) is 1.97. The molecular formula is C11H17N3O3. The molecule has 0 amide bonds. The SMILES string of the molecule is CCOC(=O)c1noc(CNC2CCCC2)n1. The van der Waals surface area contributed by atoms with E-state index in [4.69, 9.17) is 9.26 Å². The van der Waals surface area contributed by atoms with E-state index in [0.717, 1.165) is 0 Å². The second kappa shape index (κ2) is 5.77. The van der Waals surface area contributed by atoms with Gasteiger partial charge in [0.25, 0.3) is 5.82 Å². The maximum atomic E-state index is 11.3. The first-order chi connectivity index (χ1) is 8.29. The molecule has 2 rings (SSSR count). The van der Waals surface area contributed by atoms with Crippen molar-refractivity contribution in [1.29, 1.82) is 0 Å². The summed E-state index contributed by atoms with van der Waals surface area (Å²) < 4.78 is 9.74. The number of carbonyl (C=O) groups excluding carboxylic acids is 1. The molecule has 0 unspecified atom stereocenters. The van der Waals surface area contributed by atoms with E-state index in [0.29, 0.717) is 25.1 Å². The zero-order valence-electron chi connectivity index (χ0n) is 9.94. The Hall–Kier alpha value is -1.43. The number of hydrogen-bond donors (Lipinski definition) is 1. The van der Waals surface area contributed by atoms with Gasteiger partial charge >= 0.3 is 5.97 Å². The second-order valence-corrected chi connectivity index (χ2v) is 4.09. The van der Waals surface area contributed by atoms with Crippen molar-refractivity contribution in [2.75, 3.05) is 6.61 Å². The highest BCUT2D eigenvalue weighted by atomic mass is 16.5. The van der Waals surface area contributed by atoms with Gasteiger partial charge in [-0.25, -0.2) is 4.79 Å². The van der Waals surface area contributed by atoms with Crippen LogP contribution in [0.25, 0.3) is 0 Å². The summed E-state index contributed by atoms with van der Waals surface area (Å²) in [5.74, 6) is -0.113. The van der Waals surface area contributed by atoms with Gasteiger partial charge in [0.1, 0.15) is 0 Å². The molecule has 94 valence electrons. The highest BCUT2D eigenvalue weighted by molar-refractivity contribution is 5.84. The van der Waals surface area contributed by atoms with Crippen molar-refractivity contribution in [1.82, 2.24) is 15.5 Å². The molecule has 1 fully saturated rings. The Kier molecular flexibility index (Phi) is 4.08. The molecule has 0 spiro atoms. The lowest BCUT2D eigenvalue weighted by Crippen LogP contribution is -2.25. The monoisotopic (exact) mass is 239 g/mol. The van der Waals surface area contributed by atoms with E-state index in [2.05, 4.69) is 15.5 Å². The van der Waals surface area contributed by atoms with Gasteiger partial charge in [-0.2, -0.15) is 4.98 Å². The Morgan fingerprint density at radius 1 is 1.53 bits per heavy atom. The molecule has 6 nitrogen and oxygen atoms in total. The van der Waals surface area contributed by atoms with Crippen molar-refractivity contribution in [3.63, 3.8) is 0 Å². The number of nitrogens with zero attached hydrogens (tertiary/aromatic N) is 2. The Balaban J connectivity index is 1.83. The summed E-state index contributed by atoms with van der Waals surface area (Å²) >= 11 is 0. The van der Waals surface area contributed by atoms with Gasteiger partial charge in [-0.3, -0.25) is 0 Å². The Bertz CT molecular complexity index is 372. The molecule has 1 aromatic heterocycles. The largest absolute Gasteiger partial charge is 0.460 e. The number of carbonyl (C=O) groups is 1. The zero-order chi connectivity index (χ0) is 12.1. The van der Waals surface area contributed by atoms with Gasteiger partial charge in [0.05, 0.1) is 13.2 Å². The minimum absolute atomic E-state index is 0.00456. The molecule has 1 heterocycles. The van der Waals surface area contributed by atoms with Gasteiger partial charge in [0, 0.05) is 6.04 Å². The third-order valence-electron chi connectivity index (χ3n) is 2.82. The van der Waals surface area contributed by atoms with E-state index in [1.807, 2.05) is 0 Å². The third-order valence-corrected chi connectivity index (χ3v) is 2.82. The average Bonchev–Trinajstić information content (AvgIpc) is 2.98. The zero-order valence-corrected chi connectivity index (χ0v) is 9.94. The fourth-order valence-electron chi connectivity index (χ4n) is 1.97. The fraction of sp³-hybridized carbons (Fsp3) is 0.727. The van der Waals surface area contributed by atoms with Crippen LogP contribution in [0.5, 0.6) is 0 Å². The normalized spacial score (nSPS) is 16.3. The lowest BCUT2D eigenvalue weighted by Gasteiger charge is -2.08. The average molecular weight is 239 g/mol. The molecule has 0 radical (unpaired) electrons. The van der Waals surface area contributed by atoms with Crippen LogP contribution in [0, 0.1) is 0 Å². The molecule has 1 aliphatic rings. The van der Waals surface area contributed by atoms with Crippen LogP contribution in [0.3, 0.4) is 0 Å². The maximum Gasteiger partial charge on any atom is 0.379 e. The number of esters is 1. The van der Waals surface area contributed by atoms with Crippen molar-refractivity contribution in [2.45, 2.75) is 45.2 Å². The molecule has 1 N–H and O–H groups in total. The van der Waals surface area contributed by atoms with Crippen LogP contribution < -0.4 is 5.32 Å². The summed E-state index contributed by atoms with van der Waals surface area (Å²) in [6.45, 7) is 2.56. The van der Waals surface area contributed by atoms with Crippen LogP contribution in [0.2, 0.25) is 0 Å². The van der Waals surface area contributed by atoms with Crippen molar-refractivity contribution < 1.29 is 14.1 Å². The van der Waals surface area contributed by atoms with Crippen LogP contribution in [0.15, 0.2) is 4.52 Å². The van der Waals surface area contributed by atoms with Gasteiger partial charge in [0.2, 0.25) is 5.89 Å². The molecule has 1 aromatic rings. The van der Waals surface area contributed by atoms with E-state index in [1.165, 1.54) is 25.7 Å². The quantitative estimate of drug-likeness (QED) is 0.780. The molecule has 0 atom stereocenters. The van der Waals surface area contributed by atoms with Gasteiger partial charge in [-0.15, -0.1) is 0 Å². The molecular weight excluding hydrogens is 222 g/mol.